The number of nitrogens with zero attached hydrogens (tertiary/aromatic N) is 4. The minimum absolute atomic E-state index is 0.542. The van der Waals surface area contributed by atoms with Crippen molar-refractivity contribution in [1.82, 2.24) is 20.2 Å². The highest BCUT2D eigenvalue weighted by Gasteiger charge is 2.53. The summed E-state index contributed by atoms with van der Waals surface area (Å²) in [6.07, 6.45) is 0. The van der Waals surface area contributed by atoms with E-state index >= 15 is 0 Å². The number of aromatic nitrogens is 4. The number of hydrogen-bond acceptors (Lipinski definition) is 6. The predicted octanol–water partition coefficient (Wildman–Crippen LogP) is 23.3. The Balaban J connectivity index is 0.671. The monoisotopic (exact) mass is 1270 g/mol. The van der Waals surface area contributed by atoms with Crippen LogP contribution in [0.15, 0.2) is 340 Å². The van der Waals surface area contributed by atoms with Crippen molar-refractivity contribution in [2.45, 2.75) is 10.8 Å². The van der Waals surface area contributed by atoms with E-state index in [1.54, 1.807) is 0 Å². The second-order valence-corrected chi connectivity index (χ2v) is 26.7. The molecule has 2 aromatic heterocycles. The topological polar surface area (TPSA) is 70.0 Å². The van der Waals surface area contributed by atoms with Gasteiger partial charge in [0.1, 0.15) is 23.0 Å². The zero-order chi connectivity index (χ0) is 65.6. The first-order chi connectivity index (χ1) is 49.5. The van der Waals surface area contributed by atoms with Crippen LogP contribution in [0.4, 0.5) is 0 Å². The highest BCUT2D eigenvalue weighted by molar-refractivity contribution is 6.05. The van der Waals surface area contributed by atoms with E-state index < -0.39 is 10.8 Å². The van der Waals surface area contributed by atoms with Crippen LogP contribution in [0.5, 0.6) is 23.0 Å². The van der Waals surface area contributed by atoms with Crippen LogP contribution in [0.2, 0.25) is 0 Å². The first-order valence-corrected chi connectivity index (χ1v) is 34.1. The molecule has 0 radical (unpaired) electrons. The number of hydrogen-bond donors (Lipinski definition) is 0. The molecule has 100 heavy (non-hydrogen) atoms. The molecule has 4 heterocycles. The summed E-state index contributed by atoms with van der Waals surface area (Å²) in [7, 11) is 0. The number of para-hydroxylation sites is 1. The lowest BCUT2D eigenvalue weighted by Gasteiger charge is -2.39. The normalized spacial score (nSPS) is 13.5. The third kappa shape index (κ3) is 8.19. The summed E-state index contributed by atoms with van der Waals surface area (Å²) in [6, 6.07) is 122. The van der Waals surface area contributed by atoms with Crippen molar-refractivity contribution in [2.24, 2.45) is 0 Å². The maximum atomic E-state index is 7.39. The lowest BCUT2D eigenvalue weighted by Crippen LogP contribution is -2.32. The Kier molecular flexibility index (Phi) is 12.1. The fourth-order valence-corrected chi connectivity index (χ4v) is 17.2. The van der Waals surface area contributed by atoms with Gasteiger partial charge in [0.15, 0.2) is 5.82 Å². The molecule has 0 amide bonds. The Hall–Kier alpha value is -13.2. The lowest BCUT2D eigenvalue weighted by atomic mass is 9.65. The summed E-state index contributed by atoms with van der Waals surface area (Å²) in [5.41, 5.74) is 26.7. The van der Waals surface area contributed by atoms with Gasteiger partial charge in [0.05, 0.1) is 33.4 Å². The second-order valence-electron chi connectivity index (χ2n) is 26.7. The molecule has 0 bridgehead atoms. The van der Waals surface area contributed by atoms with Crippen molar-refractivity contribution in [1.29, 1.82) is 0 Å². The zero-order valence-corrected chi connectivity index (χ0v) is 53.9. The molecule has 2 aliphatic carbocycles. The van der Waals surface area contributed by atoms with Gasteiger partial charge in [-0.05, 0) is 160 Å². The Morgan fingerprint density at radius 3 is 1.16 bits per heavy atom. The van der Waals surface area contributed by atoms with E-state index in [2.05, 4.69) is 340 Å². The number of fused-ring (bicyclic) bond motifs is 21. The summed E-state index contributed by atoms with van der Waals surface area (Å²) < 4.78 is 14.4. The molecule has 15 aromatic carbocycles. The molecule has 6 nitrogen and oxygen atoms in total. The molecule has 4 aliphatic rings. The van der Waals surface area contributed by atoms with Crippen LogP contribution in [0.3, 0.4) is 0 Å². The van der Waals surface area contributed by atoms with Gasteiger partial charge in [0.2, 0.25) is 0 Å². The van der Waals surface area contributed by atoms with Gasteiger partial charge in [-0.15, -0.1) is 10.2 Å². The fraction of sp³-hybridized carbons (Fsp3) is 0.0213. The Morgan fingerprint density at radius 2 is 0.600 bits per heavy atom. The zero-order valence-electron chi connectivity index (χ0n) is 53.9. The van der Waals surface area contributed by atoms with Crippen molar-refractivity contribution >= 4 is 32.4 Å². The van der Waals surface area contributed by atoms with Crippen molar-refractivity contribution in [3.63, 3.8) is 0 Å². The molecule has 0 saturated carbocycles. The van der Waals surface area contributed by atoms with Crippen molar-refractivity contribution in [2.75, 3.05) is 0 Å². The van der Waals surface area contributed by atoms with E-state index in [9.17, 15) is 0 Å². The summed E-state index contributed by atoms with van der Waals surface area (Å²) in [5.74, 6) is 3.95. The molecule has 2 aliphatic heterocycles. The van der Waals surface area contributed by atoms with E-state index in [-0.39, 0.29) is 0 Å². The summed E-state index contributed by atoms with van der Waals surface area (Å²) in [5, 5.41) is 15.1. The van der Waals surface area contributed by atoms with Crippen LogP contribution in [-0.4, -0.2) is 20.2 Å². The van der Waals surface area contributed by atoms with Crippen LogP contribution < -0.4 is 9.47 Å². The maximum absolute atomic E-state index is 7.39. The maximum Gasteiger partial charge on any atom is 0.160 e. The van der Waals surface area contributed by atoms with Crippen LogP contribution >= 0.6 is 0 Å². The first-order valence-electron chi connectivity index (χ1n) is 34.1. The van der Waals surface area contributed by atoms with Crippen molar-refractivity contribution < 1.29 is 9.47 Å². The van der Waals surface area contributed by atoms with Gasteiger partial charge < -0.3 is 9.47 Å². The molecule has 2 spiro atoms. The summed E-state index contributed by atoms with van der Waals surface area (Å²) >= 11 is 0. The Labute approximate surface area is 577 Å². The molecule has 0 fully saturated rings. The third-order valence-corrected chi connectivity index (χ3v) is 21.5. The average Bonchev–Trinajstić information content (AvgIpc) is 1.53. The lowest BCUT2D eigenvalue weighted by molar-refractivity contribution is 0.436. The van der Waals surface area contributed by atoms with Crippen LogP contribution in [0, 0.1) is 0 Å². The molecular formula is C94H56N4O2. The largest absolute Gasteiger partial charge is 0.457 e. The molecule has 0 saturated heterocycles. The summed E-state index contributed by atoms with van der Waals surface area (Å²) in [4.78, 5) is 11.1. The van der Waals surface area contributed by atoms with E-state index in [0.29, 0.717) is 5.82 Å². The van der Waals surface area contributed by atoms with Gasteiger partial charge >= 0.3 is 0 Å². The summed E-state index contributed by atoms with van der Waals surface area (Å²) in [6.45, 7) is 0. The van der Waals surface area contributed by atoms with E-state index in [4.69, 9.17) is 29.6 Å². The molecule has 0 atom stereocenters. The fourth-order valence-electron chi connectivity index (χ4n) is 17.2. The average molecular weight is 1270 g/mol. The second kappa shape index (κ2) is 21.7. The minimum atomic E-state index is -0.666. The molecule has 17 aromatic rings. The van der Waals surface area contributed by atoms with Crippen molar-refractivity contribution in [3.8, 4) is 124 Å². The first kappa shape index (κ1) is 56.1. The van der Waals surface area contributed by atoms with E-state index in [0.717, 1.165) is 145 Å². The Bertz CT molecular complexity index is 6230. The van der Waals surface area contributed by atoms with Gasteiger partial charge in [-0.1, -0.05) is 279 Å². The van der Waals surface area contributed by atoms with Gasteiger partial charge in [-0.25, -0.2) is 9.97 Å². The third-order valence-electron chi connectivity index (χ3n) is 21.5. The molecular weight excluding hydrogens is 1220 g/mol. The number of rotatable bonds is 7. The highest BCUT2D eigenvalue weighted by atomic mass is 16.5. The van der Waals surface area contributed by atoms with Gasteiger partial charge in [0.25, 0.3) is 0 Å². The van der Waals surface area contributed by atoms with Crippen molar-refractivity contribution in [3.05, 3.63) is 384 Å². The number of ether oxygens (including phenoxy) is 2. The quantitative estimate of drug-likeness (QED) is 0.158. The van der Waals surface area contributed by atoms with E-state index in [1.165, 1.54) is 49.9 Å². The standard InChI is InChI=1S/C94H56N4O2/c1-3-27-67-57(19-1)21-17-33-73(67)86-50-49-84(97-98-86)65-25-15-23-59(51-65)62-41-46-82-89(55-62)100-90-56-64(43-47-83(90)94(82)78-37-11-7-31-71(78)72-32-8-12-38-79(72)94)61-44-48-85-75(53-61)91(74-34-18-22-58-20-2-4-28-68(58)74)96-92(95-85)66-26-16-24-60(52-66)63-42-45-81-88(54-63)99-87-40-14-13-39-80(87)93(81)76-35-9-5-29-69(76)70-30-6-10-36-77(70)93/h1-56H. The van der Waals surface area contributed by atoms with Gasteiger partial charge in [-0.3, -0.25) is 0 Å². The predicted molar refractivity (Wildman–Crippen MR) is 403 cm³/mol. The molecule has 0 N–H and O–H groups in total. The van der Waals surface area contributed by atoms with Crippen LogP contribution in [0.25, 0.3) is 133 Å². The molecule has 6 heteroatoms. The number of benzene rings is 15. The molecule has 0 unspecified atom stereocenters. The highest BCUT2D eigenvalue weighted by Crippen LogP contribution is 2.64. The molecule has 464 valence electrons. The van der Waals surface area contributed by atoms with Crippen LogP contribution in [0.1, 0.15) is 44.5 Å². The smallest absolute Gasteiger partial charge is 0.160 e. The SMILES string of the molecule is c1cc(-c2ccc3c(c2)Oc2cc(-c4ccc5nc(-c6cccc(-c7ccc8c(c7)Oc7ccccc7C87c8ccccc8-c8ccccc87)c6)nc(-c6cccc7ccccc67)c5c4)ccc2C32c3ccccc3-c3ccccc32)cc(-c2ccc(-c3cccc4ccccc34)nn2)c1. The minimum Gasteiger partial charge on any atom is -0.457 e. The van der Waals surface area contributed by atoms with Gasteiger partial charge in [-0.2, -0.15) is 0 Å². The molecule has 21 rings (SSSR count). The van der Waals surface area contributed by atoms with Crippen LogP contribution in [-0.2, 0) is 10.8 Å². The van der Waals surface area contributed by atoms with Gasteiger partial charge in [0, 0.05) is 49.9 Å². The Morgan fingerprint density at radius 1 is 0.220 bits per heavy atom. The van der Waals surface area contributed by atoms with E-state index in [1.807, 2.05) is 0 Å².